The van der Waals surface area contributed by atoms with E-state index < -0.39 is 15.9 Å². The molecule has 0 saturated heterocycles. The molecule has 0 aliphatic carbocycles. The molecule has 4 rings (SSSR count). The van der Waals surface area contributed by atoms with Gasteiger partial charge in [-0.3, -0.25) is 14.1 Å². The molecule has 11 heteroatoms. The van der Waals surface area contributed by atoms with Crippen LogP contribution >= 0.6 is 0 Å². The number of benzene rings is 3. The number of sulfonamides is 1. The SMILES string of the molecule is CCOc1ccccc1Oc1c(OCCO)cc(C(=O)NCCc2ccccn2)cc1N(CC(C)C)S(=O)(=O)c1ccccc1. The van der Waals surface area contributed by atoms with Gasteiger partial charge in [0.1, 0.15) is 6.61 Å². The van der Waals surface area contributed by atoms with Gasteiger partial charge in [0, 0.05) is 37.0 Å². The molecule has 1 amide bonds. The third-order valence-electron chi connectivity index (χ3n) is 6.53. The highest BCUT2D eigenvalue weighted by molar-refractivity contribution is 7.92. The van der Waals surface area contributed by atoms with E-state index in [1.165, 1.54) is 28.6 Å². The van der Waals surface area contributed by atoms with Gasteiger partial charge < -0.3 is 24.6 Å². The zero-order chi connectivity index (χ0) is 32.2. The normalized spacial score (nSPS) is 11.2. The van der Waals surface area contributed by atoms with E-state index in [2.05, 4.69) is 10.3 Å². The Balaban J connectivity index is 1.87. The third kappa shape index (κ3) is 8.74. The fraction of sp³-hybridized carbons (Fsp3) is 0.294. The second-order valence-electron chi connectivity index (χ2n) is 10.4. The molecule has 0 bridgehead atoms. The number of nitrogens with one attached hydrogen (secondary N) is 1. The average Bonchev–Trinajstić information content (AvgIpc) is 3.04. The molecule has 1 heterocycles. The number of hydrogen-bond donors (Lipinski definition) is 2. The van der Waals surface area contributed by atoms with Gasteiger partial charge in [0.05, 0.1) is 23.8 Å². The number of hydrogen-bond acceptors (Lipinski definition) is 8. The van der Waals surface area contributed by atoms with Crippen molar-refractivity contribution >= 4 is 21.6 Å². The molecule has 0 atom stereocenters. The van der Waals surface area contributed by atoms with Crippen molar-refractivity contribution < 1.29 is 32.5 Å². The molecule has 4 aromatic rings. The Morgan fingerprint density at radius 1 is 0.933 bits per heavy atom. The van der Waals surface area contributed by atoms with E-state index >= 15 is 0 Å². The summed E-state index contributed by atoms with van der Waals surface area (Å²) < 4.78 is 47.8. The highest BCUT2D eigenvalue weighted by Gasteiger charge is 2.32. The van der Waals surface area contributed by atoms with E-state index in [4.69, 9.17) is 14.2 Å². The zero-order valence-corrected chi connectivity index (χ0v) is 26.5. The maximum atomic E-state index is 14.2. The number of aromatic nitrogens is 1. The van der Waals surface area contributed by atoms with Gasteiger partial charge in [-0.25, -0.2) is 8.42 Å². The van der Waals surface area contributed by atoms with Crippen LogP contribution in [0, 0.1) is 5.92 Å². The van der Waals surface area contributed by atoms with Crippen LogP contribution < -0.4 is 23.8 Å². The van der Waals surface area contributed by atoms with E-state index in [9.17, 15) is 18.3 Å². The van der Waals surface area contributed by atoms with Crippen LogP contribution in [0.2, 0.25) is 0 Å². The van der Waals surface area contributed by atoms with Crippen LogP contribution in [0.25, 0.3) is 0 Å². The van der Waals surface area contributed by atoms with Crippen molar-refractivity contribution in [2.24, 2.45) is 5.92 Å². The predicted octanol–water partition coefficient (Wildman–Crippen LogP) is 5.47. The summed E-state index contributed by atoms with van der Waals surface area (Å²) in [5, 5.41) is 12.5. The summed E-state index contributed by atoms with van der Waals surface area (Å²) in [5.74, 6) is 0.356. The molecule has 0 unspecified atom stereocenters. The summed E-state index contributed by atoms with van der Waals surface area (Å²) in [6.45, 7) is 5.95. The Hall–Kier alpha value is -4.61. The molecule has 0 radical (unpaired) electrons. The number of carbonyl (C=O) groups is 1. The quantitative estimate of drug-likeness (QED) is 0.166. The number of amides is 1. The van der Waals surface area contributed by atoms with Crippen LogP contribution in [0.15, 0.2) is 96.0 Å². The van der Waals surface area contributed by atoms with Gasteiger partial charge in [0.25, 0.3) is 15.9 Å². The first-order valence-corrected chi connectivity index (χ1v) is 16.3. The standard InChI is InChI=1S/C34H39N3O7S/c1-4-42-30-15-8-9-16-31(30)44-33-29(37(24-25(2)3)45(40,41)28-13-6-5-7-14-28)22-26(23-32(33)43-21-20-38)34(39)36-19-17-27-12-10-11-18-35-27/h5-16,18,22-23,25,38H,4,17,19-21,24H2,1-3H3,(H,36,39). The number of rotatable bonds is 16. The predicted molar refractivity (Wildman–Crippen MR) is 173 cm³/mol. The molecule has 0 aliphatic rings. The molecule has 10 nitrogen and oxygen atoms in total. The van der Waals surface area contributed by atoms with Crippen LogP contribution in [0.4, 0.5) is 5.69 Å². The van der Waals surface area contributed by atoms with Crippen LogP contribution in [0.5, 0.6) is 23.0 Å². The highest BCUT2D eigenvalue weighted by atomic mass is 32.2. The minimum atomic E-state index is -4.14. The van der Waals surface area contributed by atoms with Gasteiger partial charge in [-0.15, -0.1) is 0 Å². The number of carbonyl (C=O) groups excluding carboxylic acids is 1. The van der Waals surface area contributed by atoms with E-state index in [0.29, 0.717) is 31.1 Å². The van der Waals surface area contributed by atoms with Gasteiger partial charge >= 0.3 is 0 Å². The molecular weight excluding hydrogens is 594 g/mol. The summed E-state index contributed by atoms with van der Waals surface area (Å²) >= 11 is 0. The van der Waals surface area contributed by atoms with Gasteiger partial charge in [-0.2, -0.15) is 0 Å². The fourth-order valence-electron chi connectivity index (χ4n) is 4.52. The molecule has 2 N–H and O–H groups in total. The number of nitrogens with zero attached hydrogens (tertiary/aromatic N) is 2. The molecule has 3 aromatic carbocycles. The molecule has 0 fully saturated rings. The Morgan fingerprint density at radius 2 is 1.64 bits per heavy atom. The second-order valence-corrected chi connectivity index (χ2v) is 12.3. The third-order valence-corrected chi connectivity index (χ3v) is 8.32. The Bertz CT molecular complexity index is 1650. The minimum Gasteiger partial charge on any atom is -0.490 e. The maximum absolute atomic E-state index is 14.2. The average molecular weight is 634 g/mol. The van der Waals surface area contributed by atoms with Gasteiger partial charge in [-0.05, 0) is 61.4 Å². The van der Waals surface area contributed by atoms with Crippen molar-refractivity contribution in [2.45, 2.75) is 32.1 Å². The van der Waals surface area contributed by atoms with Crippen LogP contribution in [-0.2, 0) is 16.4 Å². The first-order chi connectivity index (χ1) is 21.7. The molecular formula is C34H39N3O7S. The molecule has 0 saturated carbocycles. The topological polar surface area (TPSA) is 127 Å². The van der Waals surface area contributed by atoms with Gasteiger partial charge in [0.2, 0.25) is 0 Å². The molecule has 238 valence electrons. The summed E-state index contributed by atoms with van der Waals surface area (Å²) in [6.07, 6.45) is 2.19. The molecule has 0 aliphatic heterocycles. The number of para-hydroxylation sites is 2. The van der Waals surface area contributed by atoms with E-state index in [1.807, 2.05) is 39.0 Å². The van der Waals surface area contributed by atoms with Crippen molar-refractivity contribution in [3.05, 3.63) is 102 Å². The Kier molecular flexibility index (Phi) is 11.8. The lowest BCUT2D eigenvalue weighted by Gasteiger charge is -2.29. The lowest BCUT2D eigenvalue weighted by atomic mass is 10.1. The van der Waals surface area contributed by atoms with Crippen LogP contribution in [-0.4, -0.2) is 57.3 Å². The van der Waals surface area contributed by atoms with E-state index in [-0.39, 0.29) is 53.3 Å². The van der Waals surface area contributed by atoms with E-state index in [0.717, 1.165) is 5.69 Å². The second kappa shape index (κ2) is 15.9. The Labute approximate surface area is 264 Å². The zero-order valence-electron chi connectivity index (χ0n) is 25.7. The van der Waals surface area contributed by atoms with Crippen molar-refractivity contribution in [3.8, 4) is 23.0 Å². The first kappa shape index (κ1) is 33.3. The minimum absolute atomic E-state index is 0.0563. The maximum Gasteiger partial charge on any atom is 0.264 e. The molecule has 0 spiro atoms. The summed E-state index contributed by atoms with van der Waals surface area (Å²) in [6, 6.07) is 23.6. The number of pyridine rings is 1. The Morgan fingerprint density at radius 3 is 2.31 bits per heavy atom. The number of anilines is 1. The number of aliphatic hydroxyl groups excluding tert-OH is 1. The van der Waals surface area contributed by atoms with Crippen molar-refractivity contribution in [3.63, 3.8) is 0 Å². The number of aliphatic hydroxyl groups is 1. The largest absolute Gasteiger partial charge is 0.490 e. The number of ether oxygens (including phenoxy) is 3. The van der Waals surface area contributed by atoms with Gasteiger partial charge in [0.15, 0.2) is 23.0 Å². The van der Waals surface area contributed by atoms with Crippen LogP contribution in [0.1, 0.15) is 36.8 Å². The summed E-state index contributed by atoms with van der Waals surface area (Å²) in [7, 11) is -4.14. The smallest absolute Gasteiger partial charge is 0.264 e. The fourth-order valence-corrected chi connectivity index (χ4v) is 6.16. The highest BCUT2D eigenvalue weighted by Crippen LogP contribution is 2.46. The summed E-state index contributed by atoms with van der Waals surface area (Å²) in [4.78, 5) is 17.9. The summed E-state index contributed by atoms with van der Waals surface area (Å²) in [5.41, 5.74) is 1.07. The lowest BCUT2D eigenvalue weighted by molar-refractivity contribution is 0.0953. The molecule has 45 heavy (non-hydrogen) atoms. The lowest BCUT2D eigenvalue weighted by Crippen LogP contribution is -2.35. The van der Waals surface area contributed by atoms with Crippen molar-refractivity contribution in [2.75, 3.05) is 37.2 Å². The first-order valence-electron chi connectivity index (χ1n) is 14.8. The molecule has 1 aromatic heterocycles. The van der Waals surface area contributed by atoms with Crippen molar-refractivity contribution in [1.82, 2.24) is 10.3 Å². The van der Waals surface area contributed by atoms with Crippen molar-refractivity contribution in [1.29, 1.82) is 0 Å². The van der Waals surface area contributed by atoms with Crippen LogP contribution in [0.3, 0.4) is 0 Å². The van der Waals surface area contributed by atoms with E-state index in [1.54, 1.807) is 48.7 Å². The van der Waals surface area contributed by atoms with Gasteiger partial charge in [-0.1, -0.05) is 50.2 Å². The monoisotopic (exact) mass is 633 g/mol.